The molecule has 0 bridgehead atoms. The lowest BCUT2D eigenvalue weighted by atomic mass is 10.1. The molecule has 1 fully saturated rings. The molecule has 3 heterocycles. The van der Waals surface area contributed by atoms with Gasteiger partial charge >= 0.3 is 5.97 Å². The Morgan fingerprint density at radius 3 is 2.72 bits per heavy atom. The monoisotopic (exact) mass is 461 g/mol. The van der Waals surface area contributed by atoms with Gasteiger partial charge in [-0.25, -0.2) is 18.4 Å². The van der Waals surface area contributed by atoms with Crippen molar-refractivity contribution < 1.29 is 32.0 Å². The number of nitrogens with zero attached hydrogens (tertiary/aromatic N) is 2. The van der Waals surface area contributed by atoms with E-state index in [1.807, 2.05) is 6.92 Å². The van der Waals surface area contributed by atoms with Gasteiger partial charge in [-0.2, -0.15) is 0 Å². The second-order valence-corrected chi connectivity index (χ2v) is 9.46. The summed E-state index contributed by atoms with van der Waals surface area (Å²) in [5.74, 6) is -1.34. The summed E-state index contributed by atoms with van der Waals surface area (Å²) in [6.07, 6.45) is 2.92. The van der Waals surface area contributed by atoms with Crippen LogP contribution in [-0.4, -0.2) is 56.3 Å². The third-order valence-corrected chi connectivity index (χ3v) is 6.63. The molecule has 11 heteroatoms. The van der Waals surface area contributed by atoms with Gasteiger partial charge in [-0.3, -0.25) is 9.59 Å². The number of esters is 1. The van der Waals surface area contributed by atoms with E-state index in [2.05, 4.69) is 0 Å². The molecular weight excluding hydrogens is 438 g/mol. The number of benzene rings is 1. The lowest BCUT2D eigenvalue weighted by molar-refractivity contribution is -0.151. The van der Waals surface area contributed by atoms with E-state index in [1.54, 1.807) is 6.07 Å². The number of carbonyl (C=O) groups excluding carboxylic acids is 3. The number of likely N-dealkylation sites (tertiary alicyclic amines) is 1. The average Bonchev–Trinajstić information content (AvgIpc) is 3.49. The molecule has 1 aromatic carbocycles. The Morgan fingerprint density at radius 2 is 2.03 bits per heavy atom. The standard InChI is InChI=1S/C21H23N3O7S/c1-13-10-14-11-15(32(22,28)29)6-7-16(14)24(13)19(25)12-31-21(27)17-4-2-8-23(17)20(26)18-5-3-9-30-18/h3,5-7,9,11,13,17H,2,4,8,10,12H2,1H3,(H2,22,28,29)/t13?,17-/m0/s1. The van der Waals surface area contributed by atoms with Crippen molar-refractivity contribution >= 4 is 33.5 Å². The highest BCUT2D eigenvalue weighted by molar-refractivity contribution is 7.89. The summed E-state index contributed by atoms with van der Waals surface area (Å²) in [6.45, 7) is 1.73. The van der Waals surface area contributed by atoms with E-state index in [4.69, 9.17) is 14.3 Å². The minimum Gasteiger partial charge on any atom is -0.459 e. The van der Waals surface area contributed by atoms with Gasteiger partial charge in [0.15, 0.2) is 12.4 Å². The summed E-state index contributed by atoms with van der Waals surface area (Å²) in [4.78, 5) is 40.9. The van der Waals surface area contributed by atoms with Crippen LogP contribution in [0, 0.1) is 0 Å². The molecule has 4 rings (SSSR count). The summed E-state index contributed by atoms with van der Waals surface area (Å²) in [5, 5.41) is 5.18. The van der Waals surface area contributed by atoms with Crippen LogP contribution in [0.4, 0.5) is 5.69 Å². The van der Waals surface area contributed by atoms with Crippen molar-refractivity contribution in [3.8, 4) is 0 Å². The van der Waals surface area contributed by atoms with Gasteiger partial charge in [0.1, 0.15) is 6.04 Å². The highest BCUT2D eigenvalue weighted by atomic mass is 32.2. The molecule has 32 heavy (non-hydrogen) atoms. The number of hydrogen-bond donors (Lipinski definition) is 1. The maximum absolute atomic E-state index is 12.8. The van der Waals surface area contributed by atoms with Crippen molar-refractivity contribution in [2.75, 3.05) is 18.1 Å². The molecule has 2 aliphatic heterocycles. The van der Waals surface area contributed by atoms with Crippen molar-refractivity contribution in [1.82, 2.24) is 4.90 Å². The Hall–Kier alpha value is -3.18. The number of anilines is 1. The fraction of sp³-hybridized carbons (Fsp3) is 0.381. The van der Waals surface area contributed by atoms with Gasteiger partial charge in [0, 0.05) is 18.3 Å². The Bertz CT molecular complexity index is 1160. The van der Waals surface area contributed by atoms with Crippen LogP contribution < -0.4 is 10.0 Å². The number of hydrogen-bond acceptors (Lipinski definition) is 7. The first-order valence-electron chi connectivity index (χ1n) is 10.2. The molecular formula is C21H23N3O7S. The SMILES string of the molecule is CC1Cc2cc(S(N)(=O)=O)ccc2N1C(=O)COC(=O)[C@@H]1CCCN1C(=O)c1ccco1. The number of carbonyl (C=O) groups is 3. The smallest absolute Gasteiger partial charge is 0.329 e. The number of ether oxygens (including phenoxy) is 1. The second kappa shape index (κ2) is 8.40. The summed E-state index contributed by atoms with van der Waals surface area (Å²) in [7, 11) is -3.85. The predicted octanol–water partition coefficient (Wildman–Crippen LogP) is 1.05. The lowest BCUT2D eigenvalue weighted by Gasteiger charge is -2.25. The van der Waals surface area contributed by atoms with Crippen LogP contribution >= 0.6 is 0 Å². The van der Waals surface area contributed by atoms with Crippen molar-refractivity contribution in [1.29, 1.82) is 0 Å². The molecule has 0 saturated carbocycles. The normalized spacial score (nSPS) is 20.3. The first-order valence-corrected chi connectivity index (χ1v) is 11.7. The number of amides is 2. The predicted molar refractivity (Wildman–Crippen MR) is 112 cm³/mol. The molecule has 2 aromatic rings. The van der Waals surface area contributed by atoms with Gasteiger partial charge in [0.05, 0.1) is 11.2 Å². The first-order chi connectivity index (χ1) is 15.2. The van der Waals surface area contributed by atoms with E-state index in [0.717, 1.165) is 0 Å². The molecule has 1 saturated heterocycles. The molecule has 0 radical (unpaired) electrons. The van der Waals surface area contributed by atoms with Gasteiger partial charge < -0.3 is 19.0 Å². The maximum atomic E-state index is 12.8. The molecule has 10 nitrogen and oxygen atoms in total. The fourth-order valence-corrected chi connectivity index (χ4v) is 4.82. The Morgan fingerprint density at radius 1 is 1.25 bits per heavy atom. The number of primary sulfonamides is 1. The molecule has 2 N–H and O–H groups in total. The molecule has 0 spiro atoms. The quantitative estimate of drug-likeness (QED) is 0.656. The summed E-state index contributed by atoms with van der Waals surface area (Å²) in [5.41, 5.74) is 1.23. The van der Waals surface area contributed by atoms with Crippen LogP contribution in [-0.2, 0) is 30.8 Å². The average molecular weight is 461 g/mol. The van der Waals surface area contributed by atoms with Crippen LogP contribution in [0.25, 0.3) is 0 Å². The van der Waals surface area contributed by atoms with Crippen molar-refractivity contribution in [3.63, 3.8) is 0 Å². The second-order valence-electron chi connectivity index (χ2n) is 7.89. The Kier molecular flexibility index (Phi) is 5.78. The maximum Gasteiger partial charge on any atom is 0.329 e. The highest BCUT2D eigenvalue weighted by Crippen LogP contribution is 2.34. The van der Waals surface area contributed by atoms with Crippen LogP contribution in [0.3, 0.4) is 0 Å². The van der Waals surface area contributed by atoms with E-state index in [1.165, 1.54) is 40.3 Å². The number of nitrogens with two attached hydrogens (primary N) is 1. The number of sulfonamides is 1. The molecule has 1 unspecified atom stereocenters. The number of rotatable bonds is 5. The van der Waals surface area contributed by atoms with E-state index in [-0.39, 0.29) is 16.7 Å². The third kappa shape index (κ3) is 4.13. The van der Waals surface area contributed by atoms with Gasteiger partial charge in [-0.05, 0) is 62.1 Å². The zero-order valence-electron chi connectivity index (χ0n) is 17.4. The highest BCUT2D eigenvalue weighted by Gasteiger charge is 2.38. The van der Waals surface area contributed by atoms with Gasteiger partial charge in [-0.1, -0.05) is 0 Å². The summed E-state index contributed by atoms with van der Waals surface area (Å²) >= 11 is 0. The summed E-state index contributed by atoms with van der Waals surface area (Å²) in [6, 6.07) is 6.43. The van der Waals surface area contributed by atoms with E-state index < -0.39 is 40.5 Å². The van der Waals surface area contributed by atoms with Crippen molar-refractivity contribution in [2.24, 2.45) is 5.14 Å². The molecule has 170 valence electrons. The third-order valence-electron chi connectivity index (χ3n) is 5.72. The van der Waals surface area contributed by atoms with Gasteiger partial charge in [0.2, 0.25) is 10.0 Å². The molecule has 1 aromatic heterocycles. The zero-order chi connectivity index (χ0) is 23.0. The van der Waals surface area contributed by atoms with Gasteiger partial charge in [-0.15, -0.1) is 0 Å². The van der Waals surface area contributed by atoms with E-state index in [9.17, 15) is 22.8 Å². The fourth-order valence-electron chi connectivity index (χ4n) is 4.26. The van der Waals surface area contributed by atoms with Crippen LogP contribution in [0.15, 0.2) is 45.9 Å². The lowest BCUT2D eigenvalue weighted by Crippen LogP contribution is -2.43. The van der Waals surface area contributed by atoms with Crippen molar-refractivity contribution in [2.45, 2.75) is 43.2 Å². The van der Waals surface area contributed by atoms with Crippen LogP contribution in [0.5, 0.6) is 0 Å². The van der Waals surface area contributed by atoms with Crippen molar-refractivity contribution in [3.05, 3.63) is 47.9 Å². The van der Waals surface area contributed by atoms with Crippen LogP contribution in [0.2, 0.25) is 0 Å². The molecule has 2 amide bonds. The minimum absolute atomic E-state index is 0.0216. The summed E-state index contributed by atoms with van der Waals surface area (Å²) < 4.78 is 33.6. The number of furan rings is 1. The first kappa shape index (κ1) is 22.0. The molecule has 2 aliphatic rings. The molecule has 2 atom stereocenters. The van der Waals surface area contributed by atoms with Crippen LogP contribution in [0.1, 0.15) is 35.9 Å². The van der Waals surface area contributed by atoms with Gasteiger partial charge in [0.25, 0.3) is 11.8 Å². The zero-order valence-corrected chi connectivity index (χ0v) is 18.2. The molecule has 0 aliphatic carbocycles. The minimum atomic E-state index is -3.85. The van der Waals surface area contributed by atoms with E-state index in [0.29, 0.717) is 37.1 Å². The number of fused-ring (bicyclic) bond motifs is 1. The Labute approximate surface area is 185 Å². The van der Waals surface area contributed by atoms with E-state index >= 15 is 0 Å². The largest absolute Gasteiger partial charge is 0.459 e. The Balaban J connectivity index is 1.42. The topological polar surface area (TPSA) is 140 Å².